The smallest absolute Gasteiger partial charge is 0.162 e. The molecule has 2 N–H and O–H groups in total. The van der Waals surface area contributed by atoms with Gasteiger partial charge in [-0.1, -0.05) is 44.7 Å². The van der Waals surface area contributed by atoms with E-state index in [0.29, 0.717) is 24.2 Å². The Bertz CT molecular complexity index is 450. The fraction of sp³-hybridized carbons (Fsp3) is 0.625. The van der Waals surface area contributed by atoms with E-state index >= 15 is 0 Å². The molecule has 0 saturated heterocycles. The van der Waals surface area contributed by atoms with Crippen molar-refractivity contribution in [1.82, 2.24) is 0 Å². The van der Waals surface area contributed by atoms with E-state index in [1.165, 1.54) is 12.8 Å². The maximum atomic E-state index is 6.44. The molecule has 1 heterocycles. The average Bonchev–Trinajstić information content (AvgIpc) is 2.47. The molecule has 2 rings (SSSR count). The van der Waals surface area contributed by atoms with Crippen LogP contribution in [0, 0.1) is 5.92 Å². The van der Waals surface area contributed by atoms with Gasteiger partial charge in [-0.15, -0.1) is 0 Å². The highest BCUT2D eigenvalue weighted by Gasteiger charge is 2.23. The number of halogens is 1. The van der Waals surface area contributed by atoms with E-state index in [0.717, 1.165) is 29.9 Å². The van der Waals surface area contributed by atoms with Crippen LogP contribution in [0.2, 0.25) is 5.02 Å². The first-order chi connectivity index (χ1) is 9.67. The minimum absolute atomic E-state index is 0.0464. The summed E-state index contributed by atoms with van der Waals surface area (Å²) in [5.41, 5.74) is 7.41. The van der Waals surface area contributed by atoms with Gasteiger partial charge in [0.25, 0.3) is 0 Å². The number of benzene rings is 1. The maximum absolute atomic E-state index is 6.44. The first kappa shape index (κ1) is 15.5. The standard InChI is InChI=1S/C16H24ClNO2/c1-3-5-6-11(4-2)16(18)12-9-14-15(10-13(12)17)20-8-7-19-14/h9-11,16H,3-8,18H2,1-2H3. The van der Waals surface area contributed by atoms with Gasteiger partial charge < -0.3 is 15.2 Å². The molecule has 0 aliphatic carbocycles. The third kappa shape index (κ3) is 3.39. The SMILES string of the molecule is CCCCC(CC)C(N)c1cc2c(cc1Cl)OCCO2. The molecular weight excluding hydrogens is 274 g/mol. The maximum Gasteiger partial charge on any atom is 0.162 e. The zero-order valence-electron chi connectivity index (χ0n) is 12.3. The van der Waals surface area contributed by atoms with Crippen LogP contribution < -0.4 is 15.2 Å². The molecule has 0 fully saturated rings. The van der Waals surface area contributed by atoms with Crippen molar-refractivity contribution in [3.63, 3.8) is 0 Å². The van der Waals surface area contributed by atoms with Crippen molar-refractivity contribution < 1.29 is 9.47 Å². The van der Waals surface area contributed by atoms with E-state index in [-0.39, 0.29) is 6.04 Å². The monoisotopic (exact) mass is 297 g/mol. The van der Waals surface area contributed by atoms with Crippen molar-refractivity contribution in [2.24, 2.45) is 11.7 Å². The summed E-state index contributed by atoms with van der Waals surface area (Å²) in [7, 11) is 0. The molecule has 0 spiro atoms. The number of fused-ring (bicyclic) bond motifs is 1. The van der Waals surface area contributed by atoms with Crippen molar-refractivity contribution in [2.75, 3.05) is 13.2 Å². The van der Waals surface area contributed by atoms with Crippen molar-refractivity contribution in [2.45, 2.75) is 45.6 Å². The highest BCUT2D eigenvalue weighted by atomic mass is 35.5. The van der Waals surface area contributed by atoms with Gasteiger partial charge in [-0.05, 0) is 24.0 Å². The molecule has 1 aromatic carbocycles. The Labute approximate surface area is 126 Å². The first-order valence-electron chi connectivity index (χ1n) is 7.52. The topological polar surface area (TPSA) is 44.5 Å². The van der Waals surface area contributed by atoms with E-state index in [4.69, 9.17) is 26.8 Å². The molecule has 3 nitrogen and oxygen atoms in total. The van der Waals surface area contributed by atoms with E-state index < -0.39 is 0 Å². The number of hydrogen-bond donors (Lipinski definition) is 1. The van der Waals surface area contributed by atoms with Gasteiger partial charge in [0.15, 0.2) is 11.5 Å². The Morgan fingerprint density at radius 2 is 1.85 bits per heavy atom. The molecule has 1 aliphatic heterocycles. The van der Waals surface area contributed by atoms with Crippen LogP contribution in [0.25, 0.3) is 0 Å². The summed E-state index contributed by atoms with van der Waals surface area (Å²) in [6.07, 6.45) is 4.59. The number of nitrogens with two attached hydrogens (primary N) is 1. The summed E-state index contributed by atoms with van der Waals surface area (Å²) in [5.74, 6) is 1.94. The van der Waals surface area contributed by atoms with Gasteiger partial charge in [0, 0.05) is 17.1 Å². The van der Waals surface area contributed by atoms with E-state index in [9.17, 15) is 0 Å². The molecule has 0 amide bonds. The van der Waals surface area contributed by atoms with E-state index in [1.807, 2.05) is 12.1 Å². The Morgan fingerprint density at radius 1 is 1.20 bits per heavy atom. The summed E-state index contributed by atoms with van der Waals surface area (Å²) in [6.45, 7) is 5.54. The fourth-order valence-corrected chi connectivity index (χ4v) is 2.97. The quantitative estimate of drug-likeness (QED) is 0.850. The van der Waals surface area contributed by atoms with Crippen LogP contribution in [-0.4, -0.2) is 13.2 Å². The molecule has 0 bridgehead atoms. The molecule has 1 aromatic rings. The van der Waals surface area contributed by atoms with Crippen LogP contribution >= 0.6 is 11.6 Å². The van der Waals surface area contributed by atoms with Gasteiger partial charge in [-0.25, -0.2) is 0 Å². The summed E-state index contributed by atoms with van der Waals surface area (Å²) >= 11 is 6.38. The van der Waals surface area contributed by atoms with Gasteiger partial charge in [-0.3, -0.25) is 0 Å². The largest absolute Gasteiger partial charge is 0.486 e. The van der Waals surface area contributed by atoms with Crippen LogP contribution in [0.15, 0.2) is 12.1 Å². The molecule has 0 radical (unpaired) electrons. The zero-order valence-corrected chi connectivity index (χ0v) is 13.1. The Hall–Kier alpha value is -0.930. The Balaban J connectivity index is 2.21. The fourth-order valence-electron chi connectivity index (χ4n) is 2.69. The third-order valence-corrected chi connectivity index (χ3v) is 4.31. The lowest BCUT2D eigenvalue weighted by atomic mass is 9.87. The lowest BCUT2D eigenvalue weighted by Gasteiger charge is -2.26. The van der Waals surface area contributed by atoms with Crippen molar-refractivity contribution in [3.8, 4) is 11.5 Å². The number of ether oxygens (including phenoxy) is 2. The number of unbranched alkanes of at least 4 members (excludes halogenated alkanes) is 1. The summed E-state index contributed by atoms with van der Waals surface area (Å²) < 4.78 is 11.2. The molecule has 1 aliphatic rings. The molecule has 4 heteroatoms. The first-order valence-corrected chi connectivity index (χ1v) is 7.89. The predicted octanol–water partition coefficient (Wildman–Crippen LogP) is 4.33. The number of hydrogen-bond acceptors (Lipinski definition) is 3. The van der Waals surface area contributed by atoms with Gasteiger partial charge in [0.05, 0.1) is 0 Å². The lowest BCUT2D eigenvalue weighted by Crippen LogP contribution is -2.22. The predicted molar refractivity (Wildman–Crippen MR) is 82.7 cm³/mol. The highest BCUT2D eigenvalue weighted by molar-refractivity contribution is 6.31. The van der Waals surface area contributed by atoms with E-state index in [2.05, 4.69) is 13.8 Å². The summed E-state index contributed by atoms with van der Waals surface area (Å²) in [6, 6.07) is 3.74. The van der Waals surface area contributed by atoms with Crippen molar-refractivity contribution in [3.05, 3.63) is 22.7 Å². The molecule has 0 aromatic heterocycles. The molecule has 112 valence electrons. The Kier molecular flexibility index (Phi) is 5.55. The summed E-state index contributed by atoms with van der Waals surface area (Å²) in [5, 5.41) is 0.677. The lowest BCUT2D eigenvalue weighted by molar-refractivity contribution is 0.171. The van der Waals surface area contributed by atoms with Gasteiger partial charge >= 0.3 is 0 Å². The number of rotatable bonds is 6. The minimum Gasteiger partial charge on any atom is -0.486 e. The van der Waals surface area contributed by atoms with Crippen molar-refractivity contribution in [1.29, 1.82) is 0 Å². The van der Waals surface area contributed by atoms with Crippen LogP contribution in [0.1, 0.15) is 51.1 Å². The average molecular weight is 298 g/mol. The van der Waals surface area contributed by atoms with Crippen LogP contribution in [-0.2, 0) is 0 Å². The second-order valence-corrected chi connectivity index (χ2v) is 5.76. The van der Waals surface area contributed by atoms with Gasteiger partial charge in [0.2, 0.25) is 0 Å². The molecule has 2 unspecified atom stereocenters. The normalized spacial score (nSPS) is 16.8. The Morgan fingerprint density at radius 3 is 2.45 bits per heavy atom. The van der Waals surface area contributed by atoms with E-state index in [1.54, 1.807) is 0 Å². The highest BCUT2D eigenvalue weighted by Crippen LogP contribution is 2.39. The van der Waals surface area contributed by atoms with Crippen LogP contribution in [0.3, 0.4) is 0 Å². The van der Waals surface area contributed by atoms with Crippen LogP contribution in [0.4, 0.5) is 0 Å². The van der Waals surface area contributed by atoms with Gasteiger partial charge in [-0.2, -0.15) is 0 Å². The second kappa shape index (κ2) is 7.19. The third-order valence-electron chi connectivity index (χ3n) is 3.98. The van der Waals surface area contributed by atoms with Crippen LogP contribution in [0.5, 0.6) is 11.5 Å². The summed E-state index contributed by atoms with van der Waals surface area (Å²) in [4.78, 5) is 0. The van der Waals surface area contributed by atoms with Gasteiger partial charge in [0.1, 0.15) is 13.2 Å². The van der Waals surface area contributed by atoms with Crippen molar-refractivity contribution >= 4 is 11.6 Å². The zero-order chi connectivity index (χ0) is 14.5. The molecular formula is C16H24ClNO2. The molecule has 20 heavy (non-hydrogen) atoms. The molecule has 2 atom stereocenters. The second-order valence-electron chi connectivity index (χ2n) is 5.35. The molecule has 0 saturated carbocycles. The minimum atomic E-state index is -0.0464.